The highest BCUT2D eigenvalue weighted by molar-refractivity contribution is 5.44. The molecule has 0 bridgehead atoms. The molecule has 0 unspecified atom stereocenters. The number of halogens is 5. The molecule has 0 radical (unpaired) electrons. The lowest BCUT2D eigenvalue weighted by Crippen LogP contribution is -2.16. The van der Waals surface area contributed by atoms with Crippen LogP contribution in [0.5, 0.6) is 5.75 Å². The van der Waals surface area contributed by atoms with E-state index in [1.54, 1.807) is 0 Å². The third kappa shape index (κ3) is 3.75. The van der Waals surface area contributed by atoms with Crippen LogP contribution in [-0.4, -0.2) is 33.0 Å². The number of nitrogens with one attached hydrogen (secondary N) is 1. The number of aromatic nitrogens is 4. The molecule has 2 heterocycles. The predicted molar refractivity (Wildman–Crippen MR) is 76.1 cm³/mol. The fourth-order valence-electron chi connectivity index (χ4n) is 1.99. The van der Waals surface area contributed by atoms with Crippen molar-refractivity contribution in [2.24, 2.45) is 0 Å². The van der Waals surface area contributed by atoms with Gasteiger partial charge in [0.25, 0.3) is 5.82 Å². The molecule has 0 spiro atoms. The summed E-state index contributed by atoms with van der Waals surface area (Å²) >= 11 is 0. The van der Waals surface area contributed by atoms with Crippen LogP contribution in [0.1, 0.15) is 5.82 Å². The second-order valence-corrected chi connectivity index (χ2v) is 4.86. The number of benzene rings is 1. The molecule has 6 nitrogen and oxygen atoms in total. The molecule has 1 N–H and O–H groups in total. The Bertz CT molecular complexity index is 895. The number of alkyl halides is 3. The fraction of sp³-hybridized carbons (Fsp3) is 0.214. The molecule has 2 aromatic heterocycles. The average molecular weight is 359 g/mol. The van der Waals surface area contributed by atoms with Crippen LogP contribution in [0.3, 0.4) is 0 Å². The van der Waals surface area contributed by atoms with Gasteiger partial charge in [-0.05, 0) is 24.3 Å². The van der Waals surface area contributed by atoms with Gasteiger partial charge in [0.15, 0.2) is 17.2 Å². The summed E-state index contributed by atoms with van der Waals surface area (Å²) in [4.78, 5) is 0. The van der Waals surface area contributed by atoms with E-state index < -0.39 is 23.6 Å². The molecule has 11 heteroatoms. The van der Waals surface area contributed by atoms with E-state index >= 15 is 0 Å². The zero-order valence-electron chi connectivity index (χ0n) is 12.4. The minimum atomic E-state index is -4.69. The first-order valence-corrected chi connectivity index (χ1v) is 6.96. The first kappa shape index (κ1) is 16.9. The molecule has 0 aliphatic carbocycles. The van der Waals surface area contributed by atoms with Gasteiger partial charge in [0, 0.05) is 6.07 Å². The molecule has 0 saturated carbocycles. The van der Waals surface area contributed by atoms with Crippen LogP contribution in [0.2, 0.25) is 0 Å². The van der Waals surface area contributed by atoms with Crippen LogP contribution in [0, 0.1) is 11.6 Å². The van der Waals surface area contributed by atoms with Gasteiger partial charge in [0.2, 0.25) is 0 Å². The number of fused-ring (bicyclic) bond motifs is 1. The second-order valence-electron chi connectivity index (χ2n) is 4.86. The maximum atomic E-state index is 13.4. The lowest BCUT2D eigenvalue weighted by Gasteiger charge is -2.09. The SMILES string of the molecule is Fc1ccc(OCCNc2ccc3nnc(C(F)(F)F)n3n2)c(F)c1. The number of nitrogens with zero attached hydrogens (tertiary/aromatic N) is 4. The van der Waals surface area contributed by atoms with Crippen molar-refractivity contribution < 1.29 is 26.7 Å². The van der Waals surface area contributed by atoms with Crippen molar-refractivity contribution in [2.45, 2.75) is 6.18 Å². The number of ether oxygens (including phenoxy) is 1. The molecular weight excluding hydrogens is 349 g/mol. The average Bonchev–Trinajstić information content (AvgIpc) is 2.96. The summed E-state index contributed by atoms with van der Waals surface area (Å²) in [5, 5.41) is 12.9. The zero-order chi connectivity index (χ0) is 18.0. The fourth-order valence-corrected chi connectivity index (χ4v) is 1.99. The van der Waals surface area contributed by atoms with E-state index in [9.17, 15) is 22.0 Å². The van der Waals surface area contributed by atoms with Gasteiger partial charge in [0.05, 0.1) is 6.54 Å². The quantitative estimate of drug-likeness (QED) is 0.561. The Morgan fingerprint density at radius 1 is 1.08 bits per heavy atom. The number of rotatable bonds is 5. The summed E-state index contributed by atoms with van der Waals surface area (Å²) in [6, 6.07) is 5.61. The summed E-state index contributed by atoms with van der Waals surface area (Å²) in [5.41, 5.74) is -0.0532. The van der Waals surface area contributed by atoms with E-state index in [2.05, 4.69) is 20.6 Å². The van der Waals surface area contributed by atoms with Gasteiger partial charge in [-0.1, -0.05) is 0 Å². The Labute approximate surface area is 137 Å². The third-order valence-electron chi connectivity index (χ3n) is 3.08. The highest BCUT2D eigenvalue weighted by Gasteiger charge is 2.37. The predicted octanol–water partition coefficient (Wildman–Crippen LogP) is 2.91. The molecule has 0 atom stereocenters. The first-order valence-electron chi connectivity index (χ1n) is 6.96. The third-order valence-corrected chi connectivity index (χ3v) is 3.08. The minimum Gasteiger partial charge on any atom is -0.489 e. The summed E-state index contributed by atoms with van der Waals surface area (Å²) in [7, 11) is 0. The van der Waals surface area contributed by atoms with E-state index in [1.807, 2.05) is 0 Å². The summed E-state index contributed by atoms with van der Waals surface area (Å²) in [5.74, 6) is -2.82. The lowest BCUT2D eigenvalue weighted by molar-refractivity contribution is -0.146. The van der Waals surface area contributed by atoms with Gasteiger partial charge < -0.3 is 10.1 Å². The molecule has 0 amide bonds. The Kier molecular flexibility index (Phi) is 4.38. The maximum absolute atomic E-state index is 13.4. The summed E-state index contributed by atoms with van der Waals surface area (Å²) in [6.45, 7) is 0.107. The summed E-state index contributed by atoms with van der Waals surface area (Å²) in [6.07, 6.45) is -4.69. The van der Waals surface area contributed by atoms with Crippen molar-refractivity contribution in [1.82, 2.24) is 19.8 Å². The van der Waals surface area contributed by atoms with Crippen molar-refractivity contribution in [3.8, 4) is 5.75 Å². The molecule has 25 heavy (non-hydrogen) atoms. The van der Waals surface area contributed by atoms with Gasteiger partial charge in [0.1, 0.15) is 18.2 Å². The number of anilines is 1. The van der Waals surface area contributed by atoms with Crippen LogP contribution in [0.4, 0.5) is 27.8 Å². The summed E-state index contributed by atoms with van der Waals surface area (Å²) < 4.78 is 70.2. The normalized spacial score (nSPS) is 11.7. The van der Waals surface area contributed by atoms with Gasteiger partial charge >= 0.3 is 6.18 Å². The molecular formula is C14H10F5N5O. The second kappa shape index (κ2) is 6.49. The Morgan fingerprint density at radius 3 is 2.60 bits per heavy atom. The van der Waals surface area contributed by atoms with Crippen molar-refractivity contribution in [2.75, 3.05) is 18.5 Å². The van der Waals surface area contributed by atoms with Crippen LogP contribution < -0.4 is 10.1 Å². The Morgan fingerprint density at radius 2 is 1.88 bits per heavy atom. The zero-order valence-corrected chi connectivity index (χ0v) is 12.4. The molecule has 1 aromatic carbocycles. The van der Waals surface area contributed by atoms with Crippen molar-refractivity contribution >= 4 is 11.5 Å². The van der Waals surface area contributed by atoms with E-state index in [4.69, 9.17) is 4.74 Å². The number of hydrogen-bond donors (Lipinski definition) is 1. The largest absolute Gasteiger partial charge is 0.489 e. The minimum absolute atomic E-state index is 0.0173. The van der Waals surface area contributed by atoms with Crippen molar-refractivity contribution in [1.29, 1.82) is 0 Å². The van der Waals surface area contributed by atoms with Gasteiger partial charge in [-0.2, -0.15) is 17.7 Å². The molecule has 3 aromatic rings. The van der Waals surface area contributed by atoms with Crippen LogP contribution in [0.15, 0.2) is 30.3 Å². The molecule has 3 rings (SSSR count). The van der Waals surface area contributed by atoms with E-state index in [1.165, 1.54) is 12.1 Å². The molecule has 0 aliphatic rings. The van der Waals surface area contributed by atoms with Crippen LogP contribution >= 0.6 is 0 Å². The van der Waals surface area contributed by atoms with E-state index in [-0.39, 0.29) is 30.4 Å². The van der Waals surface area contributed by atoms with Gasteiger partial charge in [-0.25, -0.2) is 8.78 Å². The monoisotopic (exact) mass is 359 g/mol. The topological polar surface area (TPSA) is 64.3 Å². The lowest BCUT2D eigenvalue weighted by atomic mass is 10.3. The highest BCUT2D eigenvalue weighted by atomic mass is 19.4. The van der Waals surface area contributed by atoms with Crippen molar-refractivity contribution in [3.63, 3.8) is 0 Å². The standard InChI is InChI=1S/C14H10F5N5O/c15-8-1-2-10(9(16)7-8)25-6-5-20-11-3-4-12-21-22-13(14(17,18)19)24(12)23-11/h1-4,7H,5-6H2,(H,20,23). The van der Waals surface area contributed by atoms with Gasteiger partial charge in [-0.3, -0.25) is 0 Å². The van der Waals surface area contributed by atoms with Crippen LogP contribution in [-0.2, 0) is 6.18 Å². The van der Waals surface area contributed by atoms with Crippen LogP contribution in [0.25, 0.3) is 5.65 Å². The first-order chi connectivity index (χ1) is 11.8. The molecule has 132 valence electrons. The Balaban J connectivity index is 1.63. The molecule has 0 fully saturated rings. The highest BCUT2D eigenvalue weighted by Crippen LogP contribution is 2.27. The van der Waals surface area contributed by atoms with E-state index in [0.717, 1.165) is 12.1 Å². The smallest absolute Gasteiger partial charge is 0.453 e. The van der Waals surface area contributed by atoms with Gasteiger partial charge in [-0.15, -0.1) is 15.3 Å². The number of hydrogen-bond acceptors (Lipinski definition) is 5. The van der Waals surface area contributed by atoms with E-state index in [0.29, 0.717) is 10.6 Å². The molecule has 0 aliphatic heterocycles. The maximum Gasteiger partial charge on any atom is 0.453 e. The molecule has 0 saturated heterocycles. The van der Waals surface area contributed by atoms with Crippen molar-refractivity contribution in [3.05, 3.63) is 47.8 Å². The Hall–Kier alpha value is -2.98.